The third kappa shape index (κ3) is 6.09. The summed E-state index contributed by atoms with van der Waals surface area (Å²) in [6.45, 7) is 4.93. The molecule has 0 bridgehead atoms. The summed E-state index contributed by atoms with van der Waals surface area (Å²) in [5, 5.41) is 0.853. The van der Waals surface area contributed by atoms with Gasteiger partial charge in [0.15, 0.2) is 0 Å². The van der Waals surface area contributed by atoms with Crippen LogP contribution in [-0.4, -0.2) is 59.4 Å². The second-order valence-corrected chi connectivity index (χ2v) is 10.2. The van der Waals surface area contributed by atoms with E-state index in [1.165, 1.54) is 32.1 Å². The molecule has 1 saturated carbocycles. The fourth-order valence-corrected chi connectivity index (χ4v) is 5.38. The number of piperazine rings is 1. The van der Waals surface area contributed by atoms with Crippen molar-refractivity contribution in [2.24, 2.45) is 5.92 Å². The molecule has 4 rings (SSSR count). The highest BCUT2D eigenvalue weighted by Gasteiger charge is 2.25. The Labute approximate surface area is 194 Å². The zero-order chi connectivity index (χ0) is 22.3. The predicted octanol–water partition coefficient (Wildman–Crippen LogP) is 4.33. The van der Waals surface area contributed by atoms with Crippen LogP contribution in [0.1, 0.15) is 58.8 Å². The van der Waals surface area contributed by atoms with Gasteiger partial charge >= 0.3 is 0 Å². The van der Waals surface area contributed by atoms with Gasteiger partial charge in [0.2, 0.25) is 5.91 Å². The lowest BCUT2D eigenvalue weighted by molar-refractivity contribution is -0.131. The van der Waals surface area contributed by atoms with Crippen LogP contribution < -0.4 is 4.74 Å². The summed E-state index contributed by atoms with van der Waals surface area (Å²) in [5.41, 5.74) is 0.651. The zero-order valence-electron chi connectivity index (χ0n) is 18.9. The molecule has 2 fully saturated rings. The number of benzene rings is 1. The van der Waals surface area contributed by atoms with Crippen molar-refractivity contribution < 1.29 is 14.3 Å². The minimum atomic E-state index is 0.00498. The Morgan fingerprint density at radius 3 is 2.56 bits per heavy atom. The molecular weight excluding hydrogens is 422 g/mol. The topological polar surface area (TPSA) is 62.7 Å². The minimum absolute atomic E-state index is 0.00498. The molecule has 0 N–H and O–H groups in total. The highest BCUT2D eigenvalue weighted by Crippen LogP contribution is 2.26. The number of hydrogen-bond acceptors (Lipinski definition) is 5. The first-order valence-corrected chi connectivity index (χ1v) is 12.6. The number of carbonyl (C=O) groups excluding carboxylic acids is 2. The maximum absolute atomic E-state index is 13.0. The molecule has 2 aliphatic rings. The fourth-order valence-electron chi connectivity index (χ4n) is 4.60. The van der Waals surface area contributed by atoms with Crippen LogP contribution in [0.4, 0.5) is 0 Å². The molecule has 2 amide bonds. The summed E-state index contributed by atoms with van der Waals surface area (Å²) in [7, 11) is 0. The molecule has 0 spiro atoms. The van der Waals surface area contributed by atoms with Gasteiger partial charge in [0.1, 0.15) is 10.8 Å². The predicted molar refractivity (Wildman–Crippen MR) is 126 cm³/mol. The van der Waals surface area contributed by atoms with Gasteiger partial charge in [-0.2, -0.15) is 0 Å². The van der Waals surface area contributed by atoms with Crippen LogP contribution in [0.2, 0.25) is 0 Å². The number of ether oxygens (including phenoxy) is 1. The normalized spacial score (nSPS) is 17.4. The van der Waals surface area contributed by atoms with E-state index in [0.717, 1.165) is 28.0 Å². The molecule has 1 saturated heterocycles. The van der Waals surface area contributed by atoms with E-state index in [0.29, 0.717) is 44.8 Å². The number of aryl methyl sites for hydroxylation is 1. The summed E-state index contributed by atoms with van der Waals surface area (Å²) >= 11 is 1.56. The van der Waals surface area contributed by atoms with E-state index in [4.69, 9.17) is 4.74 Å². The van der Waals surface area contributed by atoms with E-state index < -0.39 is 0 Å². The molecule has 2 heterocycles. The monoisotopic (exact) mass is 455 g/mol. The summed E-state index contributed by atoms with van der Waals surface area (Å²) < 4.78 is 5.97. The van der Waals surface area contributed by atoms with Gasteiger partial charge in [0, 0.05) is 42.8 Å². The zero-order valence-corrected chi connectivity index (χ0v) is 19.7. The van der Waals surface area contributed by atoms with Gasteiger partial charge < -0.3 is 14.5 Å². The Morgan fingerprint density at radius 1 is 1.09 bits per heavy atom. The van der Waals surface area contributed by atoms with Crippen LogP contribution in [0.3, 0.4) is 0 Å². The SMILES string of the molecule is Cc1cnc(CC(=O)N2CCN(C(=O)c3cccc(OCCC4CCCCC4)c3)CC2)s1. The second-order valence-electron chi connectivity index (χ2n) is 8.88. The summed E-state index contributed by atoms with van der Waals surface area (Å²) in [6.07, 6.45) is 9.94. The average molecular weight is 456 g/mol. The number of carbonyl (C=O) groups is 2. The Bertz CT molecular complexity index is 915. The fraction of sp³-hybridized carbons (Fsp3) is 0.560. The van der Waals surface area contributed by atoms with Crippen molar-refractivity contribution in [3.8, 4) is 5.75 Å². The molecular formula is C25H33N3O3S. The quantitative estimate of drug-likeness (QED) is 0.624. The minimum Gasteiger partial charge on any atom is -0.494 e. The van der Waals surface area contributed by atoms with Gasteiger partial charge in [-0.1, -0.05) is 38.2 Å². The first-order chi connectivity index (χ1) is 15.6. The molecule has 1 aliphatic heterocycles. The van der Waals surface area contributed by atoms with Crippen LogP contribution in [-0.2, 0) is 11.2 Å². The van der Waals surface area contributed by atoms with Gasteiger partial charge in [0.05, 0.1) is 13.0 Å². The highest BCUT2D eigenvalue weighted by molar-refractivity contribution is 7.11. The largest absolute Gasteiger partial charge is 0.494 e. The van der Waals surface area contributed by atoms with E-state index in [-0.39, 0.29) is 11.8 Å². The Balaban J connectivity index is 1.24. The van der Waals surface area contributed by atoms with Crippen molar-refractivity contribution in [2.75, 3.05) is 32.8 Å². The molecule has 2 aromatic rings. The highest BCUT2D eigenvalue weighted by atomic mass is 32.1. The maximum Gasteiger partial charge on any atom is 0.254 e. The summed E-state index contributed by atoms with van der Waals surface area (Å²) in [4.78, 5) is 34.6. The molecule has 0 unspecified atom stereocenters. The van der Waals surface area contributed by atoms with Gasteiger partial charge in [-0.05, 0) is 37.5 Å². The van der Waals surface area contributed by atoms with Crippen LogP contribution in [0.5, 0.6) is 5.75 Å². The van der Waals surface area contributed by atoms with Gasteiger partial charge in [-0.15, -0.1) is 11.3 Å². The molecule has 1 aromatic carbocycles. The lowest BCUT2D eigenvalue weighted by Crippen LogP contribution is -2.51. The van der Waals surface area contributed by atoms with E-state index in [2.05, 4.69) is 4.98 Å². The lowest BCUT2D eigenvalue weighted by atomic mass is 9.87. The molecule has 1 aromatic heterocycles. The van der Waals surface area contributed by atoms with Crippen molar-refractivity contribution in [1.82, 2.24) is 14.8 Å². The smallest absolute Gasteiger partial charge is 0.254 e. The van der Waals surface area contributed by atoms with Crippen molar-refractivity contribution in [3.05, 3.63) is 45.9 Å². The van der Waals surface area contributed by atoms with Crippen molar-refractivity contribution in [3.63, 3.8) is 0 Å². The third-order valence-electron chi connectivity index (χ3n) is 6.49. The third-order valence-corrected chi connectivity index (χ3v) is 7.40. The number of rotatable bonds is 7. The van der Waals surface area contributed by atoms with Crippen molar-refractivity contribution in [1.29, 1.82) is 0 Å². The van der Waals surface area contributed by atoms with Gasteiger partial charge in [-0.3, -0.25) is 9.59 Å². The summed E-state index contributed by atoms with van der Waals surface area (Å²) in [5.74, 6) is 1.64. The molecule has 172 valence electrons. The van der Waals surface area contributed by atoms with Gasteiger partial charge in [-0.25, -0.2) is 4.98 Å². The average Bonchev–Trinajstić information content (AvgIpc) is 3.24. The molecule has 32 heavy (non-hydrogen) atoms. The summed E-state index contributed by atoms with van der Waals surface area (Å²) in [6, 6.07) is 7.51. The molecule has 6 nitrogen and oxygen atoms in total. The van der Waals surface area contributed by atoms with Crippen LogP contribution in [0.25, 0.3) is 0 Å². The second kappa shape index (κ2) is 10.9. The van der Waals surface area contributed by atoms with E-state index in [9.17, 15) is 9.59 Å². The molecule has 0 radical (unpaired) electrons. The number of amides is 2. The van der Waals surface area contributed by atoms with E-state index in [1.54, 1.807) is 17.5 Å². The standard InChI is InChI=1S/C25H33N3O3S/c1-19-18-26-23(32-19)17-24(29)27-11-13-28(14-12-27)25(30)21-8-5-9-22(16-21)31-15-10-20-6-3-2-4-7-20/h5,8-9,16,18,20H,2-4,6-7,10-15,17H2,1H3. The van der Waals surface area contributed by atoms with Gasteiger partial charge in [0.25, 0.3) is 5.91 Å². The molecule has 7 heteroatoms. The molecule has 0 atom stereocenters. The number of nitrogens with zero attached hydrogens (tertiary/aromatic N) is 3. The van der Waals surface area contributed by atoms with Crippen LogP contribution >= 0.6 is 11.3 Å². The number of aromatic nitrogens is 1. The van der Waals surface area contributed by atoms with Crippen LogP contribution in [0.15, 0.2) is 30.5 Å². The van der Waals surface area contributed by atoms with E-state index in [1.807, 2.05) is 41.0 Å². The maximum atomic E-state index is 13.0. The number of hydrogen-bond donors (Lipinski definition) is 0. The van der Waals surface area contributed by atoms with Crippen molar-refractivity contribution in [2.45, 2.75) is 51.9 Å². The molecule has 1 aliphatic carbocycles. The van der Waals surface area contributed by atoms with Crippen molar-refractivity contribution >= 4 is 23.2 Å². The Kier molecular flexibility index (Phi) is 7.79. The first-order valence-electron chi connectivity index (χ1n) is 11.8. The first kappa shape index (κ1) is 22.8. The lowest BCUT2D eigenvalue weighted by Gasteiger charge is -2.34. The number of thiazole rings is 1. The van der Waals surface area contributed by atoms with E-state index >= 15 is 0 Å². The van der Waals surface area contributed by atoms with Crippen LogP contribution in [0, 0.1) is 12.8 Å². The Morgan fingerprint density at radius 2 is 1.84 bits per heavy atom. The Hall–Kier alpha value is -2.41.